The van der Waals surface area contributed by atoms with Gasteiger partial charge in [-0.05, 0) is 61.9 Å². The van der Waals surface area contributed by atoms with Gasteiger partial charge in [0.05, 0.1) is 29.6 Å². The number of aliphatic hydroxyl groups is 1. The van der Waals surface area contributed by atoms with Crippen LogP contribution in [0.5, 0.6) is 0 Å². The number of thioether (sulfide) groups is 1. The van der Waals surface area contributed by atoms with Gasteiger partial charge < -0.3 is 10.0 Å². The van der Waals surface area contributed by atoms with Crippen LogP contribution in [0.15, 0.2) is 35.2 Å². The lowest BCUT2D eigenvalue weighted by molar-refractivity contribution is 0.168. The summed E-state index contributed by atoms with van der Waals surface area (Å²) in [6.07, 6.45) is 3.32. The first-order valence-electron chi connectivity index (χ1n) is 9.54. The van der Waals surface area contributed by atoms with Crippen LogP contribution in [0.1, 0.15) is 42.8 Å². The number of anilines is 1. The molecule has 0 saturated carbocycles. The second kappa shape index (κ2) is 7.52. The van der Waals surface area contributed by atoms with Crippen LogP contribution in [0.2, 0.25) is 0 Å². The zero-order valence-electron chi connectivity index (χ0n) is 16.1. The Kier molecular flexibility index (Phi) is 5.10. The van der Waals surface area contributed by atoms with Crippen molar-refractivity contribution in [3.05, 3.63) is 47.3 Å². The highest BCUT2D eigenvalue weighted by Crippen LogP contribution is 2.28. The van der Waals surface area contributed by atoms with E-state index in [9.17, 15) is 5.11 Å². The van der Waals surface area contributed by atoms with Crippen molar-refractivity contribution in [2.24, 2.45) is 0 Å². The molecule has 0 fully saturated rings. The average Bonchev–Trinajstić information content (AvgIpc) is 2.98. The van der Waals surface area contributed by atoms with Gasteiger partial charge in [-0.15, -0.1) is 11.8 Å². The van der Waals surface area contributed by atoms with Crippen LogP contribution < -0.4 is 4.90 Å². The van der Waals surface area contributed by atoms with Crippen LogP contribution in [0.3, 0.4) is 0 Å². The van der Waals surface area contributed by atoms with E-state index < -0.39 is 6.10 Å². The molecule has 142 valence electrons. The molecule has 0 bridgehead atoms. The van der Waals surface area contributed by atoms with Crippen molar-refractivity contribution in [1.29, 1.82) is 0 Å². The standard InChI is InChI=1S/C21H26N4OS/c1-4-20(26)19-11-15-13-24(8-5-9-25(15)23-19)21-10-14(2)17-12-16(27-3)6-7-18(17)22-21/h6-7,10-12,20,26H,4-5,8-9,13H2,1-3H3/t20-/m1/s1. The normalized spacial score (nSPS) is 15.6. The Bertz CT molecular complexity index is 968. The molecule has 0 aliphatic carbocycles. The third-order valence-electron chi connectivity index (χ3n) is 5.29. The van der Waals surface area contributed by atoms with Crippen molar-refractivity contribution >= 4 is 28.5 Å². The summed E-state index contributed by atoms with van der Waals surface area (Å²) in [5.41, 5.74) is 4.22. The van der Waals surface area contributed by atoms with Gasteiger partial charge in [0.25, 0.3) is 0 Å². The van der Waals surface area contributed by atoms with Gasteiger partial charge in [0, 0.05) is 23.4 Å². The number of hydrogen-bond donors (Lipinski definition) is 1. The fraction of sp³-hybridized carbons (Fsp3) is 0.429. The Hall–Kier alpha value is -2.05. The Morgan fingerprint density at radius 2 is 2.07 bits per heavy atom. The summed E-state index contributed by atoms with van der Waals surface area (Å²) < 4.78 is 2.05. The van der Waals surface area contributed by atoms with Crippen LogP contribution in [-0.4, -0.2) is 32.7 Å². The third-order valence-corrected chi connectivity index (χ3v) is 6.02. The van der Waals surface area contributed by atoms with Crippen molar-refractivity contribution < 1.29 is 5.11 Å². The van der Waals surface area contributed by atoms with Crippen molar-refractivity contribution in [3.8, 4) is 0 Å². The molecular formula is C21H26N4OS. The number of hydrogen-bond acceptors (Lipinski definition) is 5. The molecule has 2 aromatic heterocycles. The molecule has 4 rings (SSSR count). The predicted octanol–water partition coefficient (Wildman–Crippen LogP) is 4.32. The number of aliphatic hydroxyl groups excluding tert-OH is 1. The van der Waals surface area contributed by atoms with Crippen molar-refractivity contribution in [2.45, 2.75) is 50.8 Å². The number of aromatic nitrogens is 3. The highest BCUT2D eigenvalue weighted by atomic mass is 32.2. The zero-order valence-corrected chi connectivity index (χ0v) is 17.0. The highest BCUT2D eigenvalue weighted by Gasteiger charge is 2.20. The third kappa shape index (κ3) is 3.56. The van der Waals surface area contributed by atoms with Gasteiger partial charge in [0.15, 0.2) is 0 Å². The van der Waals surface area contributed by atoms with Crippen LogP contribution in [0, 0.1) is 6.92 Å². The molecule has 1 aliphatic heterocycles. The summed E-state index contributed by atoms with van der Waals surface area (Å²) in [7, 11) is 0. The van der Waals surface area contributed by atoms with Crippen LogP contribution in [0.4, 0.5) is 5.82 Å². The maximum absolute atomic E-state index is 10.1. The minimum Gasteiger partial charge on any atom is -0.387 e. The van der Waals surface area contributed by atoms with Gasteiger partial charge in [-0.25, -0.2) is 4.98 Å². The molecule has 5 nitrogen and oxygen atoms in total. The summed E-state index contributed by atoms with van der Waals surface area (Å²) in [5, 5.41) is 16.0. The topological polar surface area (TPSA) is 54.2 Å². The number of rotatable bonds is 4. The molecule has 1 N–H and O–H groups in total. The summed E-state index contributed by atoms with van der Waals surface area (Å²) in [6, 6.07) is 10.7. The van der Waals surface area contributed by atoms with E-state index in [0.717, 1.165) is 48.8 Å². The average molecular weight is 383 g/mol. The lowest BCUT2D eigenvalue weighted by atomic mass is 10.1. The molecule has 1 aliphatic rings. The van der Waals surface area contributed by atoms with Gasteiger partial charge in [-0.1, -0.05) is 6.92 Å². The van der Waals surface area contributed by atoms with Crippen molar-refractivity contribution in [1.82, 2.24) is 14.8 Å². The van der Waals surface area contributed by atoms with E-state index >= 15 is 0 Å². The van der Waals surface area contributed by atoms with Gasteiger partial charge >= 0.3 is 0 Å². The van der Waals surface area contributed by atoms with E-state index in [2.05, 4.69) is 47.4 Å². The SMILES string of the molecule is CC[C@@H](O)c1cc2n(n1)CCCN(c1cc(C)c3cc(SC)ccc3n1)C2. The predicted molar refractivity (Wildman–Crippen MR) is 111 cm³/mol. The highest BCUT2D eigenvalue weighted by molar-refractivity contribution is 7.98. The Morgan fingerprint density at radius 3 is 2.85 bits per heavy atom. The molecule has 0 radical (unpaired) electrons. The molecule has 0 spiro atoms. The van der Waals surface area contributed by atoms with Crippen molar-refractivity contribution in [3.63, 3.8) is 0 Å². The molecule has 0 amide bonds. The number of nitrogens with zero attached hydrogens (tertiary/aromatic N) is 4. The number of aryl methyl sites for hydroxylation is 2. The molecule has 0 unspecified atom stereocenters. The van der Waals surface area contributed by atoms with Gasteiger partial charge in [0.2, 0.25) is 0 Å². The first-order valence-corrected chi connectivity index (χ1v) is 10.8. The first kappa shape index (κ1) is 18.3. The maximum Gasteiger partial charge on any atom is 0.129 e. The van der Waals surface area contributed by atoms with E-state index in [1.54, 1.807) is 11.8 Å². The Balaban J connectivity index is 1.67. The van der Waals surface area contributed by atoms with Crippen LogP contribution in [0.25, 0.3) is 10.9 Å². The summed E-state index contributed by atoms with van der Waals surface area (Å²) in [6.45, 7) is 6.74. The van der Waals surface area contributed by atoms with Crippen LogP contribution >= 0.6 is 11.8 Å². The fourth-order valence-corrected chi connectivity index (χ4v) is 4.14. The molecular weight excluding hydrogens is 356 g/mol. The van der Waals surface area contributed by atoms with E-state index in [1.807, 2.05) is 17.7 Å². The van der Waals surface area contributed by atoms with Gasteiger partial charge in [-0.3, -0.25) is 4.68 Å². The quantitative estimate of drug-likeness (QED) is 0.681. The largest absolute Gasteiger partial charge is 0.387 e. The van der Waals surface area contributed by atoms with E-state index in [1.165, 1.54) is 15.8 Å². The molecule has 3 heterocycles. The second-order valence-corrected chi connectivity index (χ2v) is 8.04. The first-order chi connectivity index (χ1) is 13.1. The zero-order chi connectivity index (χ0) is 19.0. The lowest BCUT2D eigenvalue weighted by Gasteiger charge is -2.22. The van der Waals surface area contributed by atoms with Gasteiger partial charge in [0.1, 0.15) is 5.82 Å². The molecule has 3 aromatic rings. The fourth-order valence-electron chi connectivity index (χ4n) is 3.70. The summed E-state index contributed by atoms with van der Waals surface area (Å²) in [4.78, 5) is 8.54. The minimum atomic E-state index is -0.482. The molecule has 1 aromatic carbocycles. The Labute approximate surface area is 164 Å². The van der Waals surface area contributed by atoms with Gasteiger partial charge in [-0.2, -0.15) is 5.10 Å². The number of benzene rings is 1. The monoisotopic (exact) mass is 382 g/mol. The minimum absolute atomic E-state index is 0.482. The molecule has 0 saturated heterocycles. The second-order valence-electron chi connectivity index (χ2n) is 7.16. The number of fused-ring (bicyclic) bond motifs is 2. The van der Waals surface area contributed by atoms with E-state index in [0.29, 0.717) is 6.42 Å². The van der Waals surface area contributed by atoms with Crippen molar-refractivity contribution in [2.75, 3.05) is 17.7 Å². The van der Waals surface area contributed by atoms with E-state index in [-0.39, 0.29) is 0 Å². The van der Waals surface area contributed by atoms with Crippen LogP contribution in [-0.2, 0) is 13.1 Å². The molecule has 1 atom stereocenters. The number of pyridine rings is 1. The maximum atomic E-state index is 10.1. The summed E-state index contributed by atoms with van der Waals surface area (Å²) >= 11 is 1.76. The summed E-state index contributed by atoms with van der Waals surface area (Å²) in [5.74, 6) is 1.02. The lowest BCUT2D eigenvalue weighted by Crippen LogP contribution is -2.23. The Morgan fingerprint density at radius 1 is 1.22 bits per heavy atom. The molecule has 27 heavy (non-hydrogen) atoms. The van der Waals surface area contributed by atoms with E-state index in [4.69, 9.17) is 4.98 Å². The smallest absolute Gasteiger partial charge is 0.129 e. The molecule has 6 heteroatoms.